The first-order valence-corrected chi connectivity index (χ1v) is 8.82. The fourth-order valence-electron chi connectivity index (χ4n) is 3.18. The Hall–Kier alpha value is -2.76. The third-order valence-corrected chi connectivity index (χ3v) is 4.64. The van der Waals surface area contributed by atoms with Crippen LogP contribution in [-0.2, 0) is 0 Å². The molecule has 0 saturated carbocycles. The SMILES string of the molecule is COc1ccc(OC[C@H]2CCCN(C(=O)c3c[nH]c(C)cc3=O)C2)cc1. The molecule has 138 valence electrons. The van der Waals surface area contributed by atoms with E-state index in [-0.39, 0.29) is 22.8 Å². The molecule has 1 aromatic carbocycles. The first-order valence-electron chi connectivity index (χ1n) is 8.82. The third kappa shape index (κ3) is 4.25. The van der Waals surface area contributed by atoms with Gasteiger partial charge in [-0.2, -0.15) is 0 Å². The van der Waals surface area contributed by atoms with Gasteiger partial charge in [-0.3, -0.25) is 9.59 Å². The lowest BCUT2D eigenvalue weighted by Gasteiger charge is -2.32. The van der Waals surface area contributed by atoms with Gasteiger partial charge in [-0.15, -0.1) is 0 Å². The Balaban J connectivity index is 1.59. The number of hydrogen-bond acceptors (Lipinski definition) is 4. The molecule has 1 atom stereocenters. The van der Waals surface area contributed by atoms with Crippen molar-refractivity contribution in [3.05, 3.63) is 58.0 Å². The van der Waals surface area contributed by atoms with Crippen LogP contribution in [0.1, 0.15) is 28.9 Å². The minimum absolute atomic E-state index is 0.201. The summed E-state index contributed by atoms with van der Waals surface area (Å²) in [5, 5.41) is 0. The fourth-order valence-corrected chi connectivity index (χ4v) is 3.18. The predicted molar refractivity (Wildman–Crippen MR) is 98.9 cm³/mol. The molecular weight excluding hydrogens is 332 g/mol. The molecule has 6 heteroatoms. The fraction of sp³-hybridized carbons (Fsp3) is 0.400. The number of carbonyl (C=O) groups is 1. The highest BCUT2D eigenvalue weighted by Crippen LogP contribution is 2.21. The van der Waals surface area contributed by atoms with Gasteiger partial charge in [0, 0.05) is 37.0 Å². The summed E-state index contributed by atoms with van der Waals surface area (Å²) in [4.78, 5) is 29.4. The Labute approximate surface area is 152 Å². The summed E-state index contributed by atoms with van der Waals surface area (Å²) in [6.45, 7) is 3.61. The molecule has 0 unspecified atom stereocenters. The Kier molecular flexibility index (Phi) is 5.61. The summed E-state index contributed by atoms with van der Waals surface area (Å²) in [6.07, 6.45) is 3.42. The molecule has 1 amide bonds. The van der Waals surface area contributed by atoms with Crippen LogP contribution >= 0.6 is 0 Å². The van der Waals surface area contributed by atoms with Crippen LogP contribution in [0.15, 0.2) is 41.3 Å². The van der Waals surface area contributed by atoms with E-state index in [9.17, 15) is 9.59 Å². The van der Waals surface area contributed by atoms with E-state index in [0.717, 1.165) is 30.0 Å². The highest BCUT2D eigenvalue weighted by molar-refractivity contribution is 5.93. The summed E-state index contributed by atoms with van der Waals surface area (Å²) in [5.41, 5.74) is 0.714. The molecule has 0 radical (unpaired) electrons. The molecule has 1 saturated heterocycles. The van der Waals surface area contributed by atoms with E-state index in [2.05, 4.69) is 4.98 Å². The zero-order valence-electron chi connectivity index (χ0n) is 15.2. The number of amides is 1. The number of H-pyrrole nitrogens is 1. The topological polar surface area (TPSA) is 71.6 Å². The number of nitrogens with one attached hydrogen (secondary N) is 1. The number of nitrogens with zero attached hydrogens (tertiary/aromatic N) is 1. The van der Waals surface area contributed by atoms with Gasteiger partial charge in [-0.25, -0.2) is 0 Å². The molecule has 0 bridgehead atoms. The average Bonchev–Trinajstić information content (AvgIpc) is 2.66. The molecule has 2 heterocycles. The molecule has 1 aliphatic heterocycles. The van der Waals surface area contributed by atoms with Gasteiger partial charge in [-0.1, -0.05) is 0 Å². The smallest absolute Gasteiger partial charge is 0.259 e. The number of rotatable bonds is 5. The van der Waals surface area contributed by atoms with E-state index in [1.807, 2.05) is 24.3 Å². The standard InChI is InChI=1S/C20H24N2O4/c1-14-10-19(23)18(11-21-14)20(24)22-9-3-4-15(12-22)13-26-17-7-5-16(25-2)6-8-17/h5-8,10-11,15H,3-4,9,12-13H2,1-2H3,(H,21,23)/t15-/m0/s1. The van der Waals surface area contributed by atoms with Crippen molar-refractivity contribution in [1.29, 1.82) is 0 Å². The van der Waals surface area contributed by atoms with Gasteiger partial charge in [0.2, 0.25) is 0 Å². The average molecular weight is 356 g/mol. The minimum atomic E-state index is -0.233. The molecule has 6 nitrogen and oxygen atoms in total. The Morgan fingerprint density at radius 3 is 2.69 bits per heavy atom. The first kappa shape index (κ1) is 18.0. The highest BCUT2D eigenvalue weighted by atomic mass is 16.5. The zero-order chi connectivity index (χ0) is 18.5. The van der Waals surface area contributed by atoms with Gasteiger partial charge in [-0.05, 0) is 44.0 Å². The first-order chi connectivity index (χ1) is 12.6. The summed E-state index contributed by atoms with van der Waals surface area (Å²) in [6, 6.07) is 8.92. The number of carbonyl (C=O) groups excluding carboxylic acids is 1. The molecule has 1 N–H and O–H groups in total. The Bertz CT molecular complexity index is 813. The van der Waals surface area contributed by atoms with Crippen LogP contribution in [0.2, 0.25) is 0 Å². The largest absolute Gasteiger partial charge is 0.497 e. The lowest BCUT2D eigenvalue weighted by molar-refractivity contribution is 0.0631. The van der Waals surface area contributed by atoms with Crippen LogP contribution in [0, 0.1) is 12.8 Å². The van der Waals surface area contributed by atoms with Crippen molar-refractivity contribution < 1.29 is 14.3 Å². The second-order valence-corrected chi connectivity index (χ2v) is 6.64. The van der Waals surface area contributed by atoms with Crippen LogP contribution in [0.3, 0.4) is 0 Å². The summed E-state index contributed by atoms with van der Waals surface area (Å²) < 4.78 is 11.0. The molecule has 2 aromatic rings. The number of ether oxygens (including phenoxy) is 2. The van der Waals surface area contributed by atoms with Gasteiger partial charge in [0.15, 0.2) is 5.43 Å². The van der Waals surface area contributed by atoms with E-state index in [4.69, 9.17) is 9.47 Å². The predicted octanol–water partition coefficient (Wildman–Crippen LogP) is 2.62. The van der Waals surface area contributed by atoms with Gasteiger partial charge in [0.25, 0.3) is 5.91 Å². The quantitative estimate of drug-likeness (QED) is 0.894. The molecule has 0 aliphatic carbocycles. The van der Waals surface area contributed by atoms with Crippen LogP contribution in [0.25, 0.3) is 0 Å². The maximum absolute atomic E-state index is 12.7. The lowest BCUT2D eigenvalue weighted by Crippen LogP contribution is -2.43. The van der Waals surface area contributed by atoms with Gasteiger partial charge >= 0.3 is 0 Å². The van der Waals surface area contributed by atoms with Crippen molar-refractivity contribution in [2.45, 2.75) is 19.8 Å². The molecule has 3 rings (SSSR count). The summed E-state index contributed by atoms with van der Waals surface area (Å²) >= 11 is 0. The second kappa shape index (κ2) is 8.08. The molecule has 26 heavy (non-hydrogen) atoms. The number of aryl methyl sites for hydroxylation is 1. The number of piperidine rings is 1. The summed E-state index contributed by atoms with van der Waals surface area (Å²) in [5.74, 6) is 1.61. The normalized spacial score (nSPS) is 17.0. The number of methoxy groups -OCH3 is 1. The molecule has 1 fully saturated rings. The maximum atomic E-state index is 12.7. The molecule has 1 aliphatic rings. The van der Waals surface area contributed by atoms with E-state index >= 15 is 0 Å². The van der Waals surface area contributed by atoms with Crippen molar-refractivity contribution in [3.63, 3.8) is 0 Å². The monoisotopic (exact) mass is 356 g/mol. The second-order valence-electron chi connectivity index (χ2n) is 6.64. The van der Waals surface area contributed by atoms with Gasteiger partial charge in [0.05, 0.1) is 13.7 Å². The number of hydrogen-bond donors (Lipinski definition) is 1. The minimum Gasteiger partial charge on any atom is -0.497 e. The highest BCUT2D eigenvalue weighted by Gasteiger charge is 2.26. The van der Waals surface area contributed by atoms with E-state index in [1.165, 1.54) is 12.3 Å². The van der Waals surface area contributed by atoms with E-state index < -0.39 is 0 Å². The van der Waals surface area contributed by atoms with Crippen molar-refractivity contribution >= 4 is 5.91 Å². The molecule has 1 aromatic heterocycles. The van der Waals surface area contributed by atoms with Gasteiger partial charge in [0.1, 0.15) is 17.1 Å². The van der Waals surface area contributed by atoms with Crippen molar-refractivity contribution in [2.75, 3.05) is 26.8 Å². The van der Waals surface area contributed by atoms with Crippen molar-refractivity contribution in [3.8, 4) is 11.5 Å². The van der Waals surface area contributed by atoms with Gasteiger partial charge < -0.3 is 19.4 Å². The number of aromatic nitrogens is 1. The third-order valence-electron chi connectivity index (χ3n) is 4.64. The number of benzene rings is 1. The van der Waals surface area contributed by atoms with Crippen LogP contribution in [-0.4, -0.2) is 42.6 Å². The summed E-state index contributed by atoms with van der Waals surface area (Å²) in [7, 11) is 1.63. The Morgan fingerprint density at radius 2 is 2.00 bits per heavy atom. The van der Waals surface area contributed by atoms with Crippen LogP contribution in [0.5, 0.6) is 11.5 Å². The molecular formula is C20H24N2O4. The lowest BCUT2D eigenvalue weighted by atomic mass is 9.98. The van der Waals surface area contributed by atoms with Crippen molar-refractivity contribution in [1.82, 2.24) is 9.88 Å². The zero-order valence-corrected chi connectivity index (χ0v) is 15.2. The number of aromatic amines is 1. The van der Waals surface area contributed by atoms with Crippen LogP contribution < -0.4 is 14.9 Å². The number of likely N-dealkylation sites (tertiary alicyclic amines) is 1. The van der Waals surface area contributed by atoms with Crippen LogP contribution in [0.4, 0.5) is 0 Å². The maximum Gasteiger partial charge on any atom is 0.259 e. The van der Waals surface area contributed by atoms with Crippen molar-refractivity contribution in [2.24, 2.45) is 5.92 Å². The Morgan fingerprint density at radius 1 is 1.27 bits per heavy atom. The number of pyridine rings is 1. The van der Waals surface area contributed by atoms with E-state index in [0.29, 0.717) is 19.7 Å². The van der Waals surface area contributed by atoms with E-state index in [1.54, 1.807) is 18.9 Å². The molecule has 0 spiro atoms.